The first-order valence-electron chi connectivity index (χ1n) is 12.6. The number of hydrogen-bond acceptors (Lipinski definition) is 7. The normalized spacial score (nSPS) is 12.4. The maximum absolute atomic E-state index is 13.6. The second-order valence-electron chi connectivity index (χ2n) is 10.5. The number of ketones is 2. The number of quaternary nitrogens is 1. The van der Waals surface area contributed by atoms with Crippen molar-refractivity contribution in [2.45, 2.75) is 6.54 Å². The SMILES string of the molecule is CN(C)CCNc1ccc(NCC[N+](C)(C)Cc2ccc([N+](=O)[O-])cc2)c2c1C(=O)c1ccccc1C2=O.[Cl-]. The summed E-state index contributed by atoms with van der Waals surface area (Å²) in [7, 11) is 8.13. The Balaban J connectivity index is 0.00000420. The predicted octanol–water partition coefficient (Wildman–Crippen LogP) is 1.04. The molecule has 0 heterocycles. The third-order valence-corrected chi connectivity index (χ3v) is 6.74. The number of fused-ring (bicyclic) bond motifs is 2. The van der Waals surface area contributed by atoms with Crippen molar-refractivity contribution in [1.29, 1.82) is 0 Å². The number of nitrogens with zero attached hydrogens (tertiary/aromatic N) is 3. The molecule has 0 fully saturated rings. The Labute approximate surface area is 235 Å². The molecular weight excluding hydrogens is 518 g/mol. The summed E-state index contributed by atoms with van der Waals surface area (Å²) in [5.41, 5.74) is 4.05. The summed E-state index contributed by atoms with van der Waals surface area (Å²) in [6.07, 6.45) is 0. The molecule has 0 aliphatic heterocycles. The lowest BCUT2D eigenvalue weighted by Gasteiger charge is -2.30. The van der Waals surface area contributed by atoms with Crippen molar-refractivity contribution < 1.29 is 31.4 Å². The zero-order valence-electron chi connectivity index (χ0n) is 22.7. The Kier molecular flexibility index (Phi) is 9.45. The van der Waals surface area contributed by atoms with Crippen LogP contribution in [0.4, 0.5) is 17.1 Å². The first kappa shape index (κ1) is 29.8. The minimum atomic E-state index is -0.401. The Hall–Kier alpha value is -3.79. The second kappa shape index (κ2) is 12.4. The number of rotatable bonds is 11. The lowest BCUT2D eigenvalue weighted by atomic mass is 9.82. The van der Waals surface area contributed by atoms with Gasteiger partial charge in [0.05, 0.1) is 43.2 Å². The molecule has 0 radical (unpaired) electrons. The maximum atomic E-state index is 13.6. The Morgan fingerprint density at radius 2 is 1.33 bits per heavy atom. The summed E-state index contributed by atoms with van der Waals surface area (Å²) in [4.78, 5) is 39.7. The minimum absolute atomic E-state index is 0. The number of carbonyl (C=O) groups is 2. The van der Waals surface area contributed by atoms with Crippen molar-refractivity contribution in [2.75, 3.05) is 65.0 Å². The van der Waals surface area contributed by atoms with Crippen LogP contribution in [0.2, 0.25) is 0 Å². The molecule has 1 aliphatic rings. The van der Waals surface area contributed by atoms with Crippen molar-refractivity contribution in [3.8, 4) is 0 Å². The molecule has 3 aromatic carbocycles. The van der Waals surface area contributed by atoms with Crippen LogP contribution in [0.15, 0.2) is 60.7 Å². The van der Waals surface area contributed by atoms with Gasteiger partial charge in [0.15, 0.2) is 11.6 Å². The number of benzene rings is 3. The summed E-state index contributed by atoms with van der Waals surface area (Å²) in [6, 6.07) is 17.3. The van der Waals surface area contributed by atoms with E-state index in [4.69, 9.17) is 0 Å². The van der Waals surface area contributed by atoms with Gasteiger partial charge in [-0.05, 0) is 38.4 Å². The molecule has 0 spiro atoms. The number of anilines is 2. The smallest absolute Gasteiger partial charge is 0.269 e. The van der Waals surface area contributed by atoms with Crippen LogP contribution < -0.4 is 23.0 Å². The highest BCUT2D eigenvalue weighted by Crippen LogP contribution is 2.36. The van der Waals surface area contributed by atoms with Gasteiger partial charge in [0.1, 0.15) is 6.54 Å². The van der Waals surface area contributed by atoms with Gasteiger partial charge in [0.2, 0.25) is 0 Å². The number of nitrogens with one attached hydrogen (secondary N) is 2. The number of halogens is 1. The van der Waals surface area contributed by atoms with E-state index >= 15 is 0 Å². The monoisotopic (exact) mass is 551 g/mol. The molecule has 2 N–H and O–H groups in total. The van der Waals surface area contributed by atoms with Crippen molar-refractivity contribution in [3.63, 3.8) is 0 Å². The van der Waals surface area contributed by atoms with E-state index in [1.165, 1.54) is 12.1 Å². The molecule has 10 heteroatoms. The molecule has 3 aromatic rings. The highest BCUT2D eigenvalue weighted by molar-refractivity contribution is 6.31. The molecular formula is C29H34ClN5O4. The van der Waals surface area contributed by atoms with Crippen LogP contribution in [0.1, 0.15) is 37.4 Å². The summed E-state index contributed by atoms with van der Waals surface area (Å²) in [5.74, 6) is -0.311. The summed E-state index contributed by atoms with van der Waals surface area (Å²) in [6.45, 7) is 3.42. The van der Waals surface area contributed by atoms with Crippen molar-refractivity contribution in [2.24, 2.45) is 0 Å². The third-order valence-electron chi connectivity index (χ3n) is 6.74. The average Bonchev–Trinajstić information content (AvgIpc) is 2.87. The Morgan fingerprint density at radius 1 is 0.821 bits per heavy atom. The Morgan fingerprint density at radius 3 is 1.82 bits per heavy atom. The highest BCUT2D eigenvalue weighted by Gasteiger charge is 2.34. The van der Waals surface area contributed by atoms with Crippen LogP contribution in [0.25, 0.3) is 0 Å². The van der Waals surface area contributed by atoms with Crippen molar-refractivity contribution >= 4 is 28.6 Å². The van der Waals surface area contributed by atoms with Gasteiger partial charge in [-0.1, -0.05) is 24.3 Å². The zero-order valence-corrected chi connectivity index (χ0v) is 23.4. The van der Waals surface area contributed by atoms with Crippen LogP contribution in [-0.2, 0) is 6.54 Å². The molecule has 9 nitrogen and oxygen atoms in total. The van der Waals surface area contributed by atoms with E-state index in [9.17, 15) is 19.7 Å². The Bertz CT molecular complexity index is 1370. The molecule has 206 valence electrons. The van der Waals surface area contributed by atoms with Crippen molar-refractivity contribution in [3.05, 3.63) is 98.6 Å². The summed E-state index contributed by atoms with van der Waals surface area (Å²) < 4.78 is 0.632. The van der Waals surface area contributed by atoms with Crippen LogP contribution in [0.3, 0.4) is 0 Å². The fourth-order valence-electron chi connectivity index (χ4n) is 4.72. The van der Waals surface area contributed by atoms with Gasteiger partial charge in [-0.3, -0.25) is 19.7 Å². The molecule has 0 saturated carbocycles. The van der Waals surface area contributed by atoms with Gasteiger partial charge < -0.3 is 32.4 Å². The van der Waals surface area contributed by atoms with E-state index in [-0.39, 0.29) is 29.7 Å². The second-order valence-corrected chi connectivity index (χ2v) is 10.5. The first-order chi connectivity index (χ1) is 18.1. The maximum Gasteiger partial charge on any atom is 0.269 e. The van der Waals surface area contributed by atoms with Crippen LogP contribution >= 0.6 is 0 Å². The van der Waals surface area contributed by atoms with E-state index < -0.39 is 4.92 Å². The third kappa shape index (κ3) is 6.81. The van der Waals surface area contributed by atoms with E-state index in [0.29, 0.717) is 57.7 Å². The van der Waals surface area contributed by atoms with Gasteiger partial charge in [0, 0.05) is 53.3 Å². The fourth-order valence-corrected chi connectivity index (χ4v) is 4.72. The molecule has 1 aliphatic carbocycles. The molecule has 0 bridgehead atoms. The molecule has 0 atom stereocenters. The average molecular weight is 552 g/mol. The molecule has 0 aromatic heterocycles. The topological polar surface area (TPSA) is 105 Å². The van der Waals surface area contributed by atoms with E-state index in [0.717, 1.165) is 18.7 Å². The van der Waals surface area contributed by atoms with Crippen LogP contribution in [0.5, 0.6) is 0 Å². The summed E-state index contributed by atoms with van der Waals surface area (Å²) in [5, 5.41) is 17.7. The van der Waals surface area contributed by atoms with Gasteiger partial charge in [-0.15, -0.1) is 0 Å². The van der Waals surface area contributed by atoms with Gasteiger partial charge >= 0.3 is 0 Å². The lowest BCUT2D eigenvalue weighted by Crippen LogP contribution is -3.00. The van der Waals surface area contributed by atoms with E-state index in [2.05, 4.69) is 24.7 Å². The quantitative estimate of drug-likeness (QED) is 0.163. The number of nitro benzene ring substituents is 1. The van der Waals surface area contributed by atoms with Crippen molar-refractivity contribution in [1.82, 2.24) is 4.90 Å². The van der Waals surface area contributed by atoms with E-state index in [1.54, 1.807) is 36.4 Å². The van der Waals surface area contributed by atoms with Gasteiger partial charge in [-0.25, -0.2) is 0 Å². The summed E-state index contributed by atoms with van der Waals surface area (Å²) >= 11 is 0. The fraction of sp³-hybridized carbons (Fsp3) is 0.310. The lowest BCUT2D eigenvalue weighted by molar-refractivity contribution is -0.902. The largest absolute Gasteiger partial charge is 1.00 e. The molecule has 0 unspecified atom stereocenters. The van der Waals surface area contributed by atoms with Crippen LogP contribution in [-0.4, -0.2) is 80.2 Å². The number of non-ortho nitro benzene ring substituents is 1. The molecule has 0 amide bonds. The zero-order chi connectivity index (χ0) is 27.4. The number of likely N-dealkylation sites (N-methyl/N-ethyl adjacent to an activating group) is 2. The van der Waals surface area contributed by atoms with Gasteiger partial charge in [-0.2, -0.15) is 0 Å². The predicted molar refractivity (Wildman–Crippen MR) is 149 cm³/mol. The number of carbonyl (C=O) groups excluding carboxylic acids is 2. The van der Waals surface area contributed by atoms with E-state index in [1.807, 2.05) is 31.1 Å². The first-order valence-corrected chi connectivity index (χ1v) is 12.6. The number of nitro groups is 1. The number of hydrogen-bond donors (Lipinski definition) is 2. The molecule has 39 heavy (non-hydrogen) atoms. The highest BCUT2D eigenvalue weighted by atomic mass is 35.5. The standard InChI is InChI=1S/C29H33N5O4.ClH/c1-32(2)17-15-30-24-13-14-25(27-26(24)28(35)22-7-5-6-8-23(22)29(27)36)31-16-18-34(3,4)19-20-9-11-21(12-10-20)33(37)38;/h5-14H,15-19H2,1-4H3,(H-,30,31,35,36);1H. The minimum Gasteiger partial charge on any atom is -1.00 e. The molecule has 4 rings (SSSR count). The van der Waals surface area contributed by atoms with Gasteiger partial charge in [0.25, 0.3) is 5.69 Å². The van der Waals surface area contributed by atoms with Crippen LogP contribution in [0, 0.1) is 10.1 Å². The molecule has 0 saturated heterocycles.